The van der Waals surface area contributed by atoms with Crippen molar-refractivity contribution in [3.63, 3.8) is 0 Å². The molecular formula is C21H30Cl2FN5O. The molecule has 9 heteroatoms. The van der Waals surface area contributed by atoms with Crippen molar-refractivity contribution < 1.29 is 9.18 Å². The lowest BCUT2D eigenvalue weighted by Crippen LogP contribution is -2.28. The van der Waals surface area contributed by atoms with Crippen molar-refractivity contribution in [3.8, 4) is 11.4 Å². The van der Waals surface area contributed by atoms with Gasteiger partial charge in [-0.2, -0.15) is 0 Å². The minimum Gasteiger partial charge on any atom is -0.324 e. The van der Waals surface area contributed by atoms with E-state index < -0.39 is 5.82 Å². The third-order valence-electron chi connectivity index (χ3n) is 5.85. The van der Waals surface area contributed by atoms with Gasteiger partial charge in [0.2, 0.25) is 5.91 Å². The lowest BCUT2D eigenvalue weighted by molar-refractivity contribution is -0.116. The van der Waals surface area contributed by atoms with E-state index in [0.29, 0.717) is 12.3 Å². The van der Waals surface area contributed by atoms with Gasteiger partial charge < -0.3 is 15.2 Å². The highest BCUT2D eigenvalue weighted by atomic mass is 35.5. The largest absolute Gasteiger partial charge is 0.324 e. The van der Waals surface area contributed by atoms with Gasteiger partial charge in [-0.25, -0.2) is 4.39 Å². The molecule has 166 valence electrons. The number of benzene rings is 1. The molecule has 2 aliphatic rings. The summed E-state index contributed by atoms with van der Waals surface area (Å²) < 4.78 is 16.4. The molecule has 0 unspecified atom stereocenters. The van der Waals surface area contributed by atoms with Crippen LogP contribution in [0.25, 0.3) is 11.4 Å². The number of carbonyl (C=O) groups excluding carboxylic acids is 1. The molecule has 0 bridgehead atoms. The second-order valence-corrected chi connectivity index (χ2v) is 7.88. The number of amides is 1. The first kappa shape index (κ1) is 24.6. The van der Waals surface area contributed by atoms with Crippen molar-refractivity contribution in [2.75, 3.05) is 18.4 Å². The summed E-state index contributed by atoms with van der Waals surface area (Å²) in [6.45, 7) is 2.92. The maximum absolute atomic E-state index is 14.3. The van der Waals surface area contributed by atoms with Crippen LogP contribution in [0.2, 0.25) is 0 Å². The average Bonchev–Trinajstić information content (AvgIpc) is 2.97. The number of anilines is 1. The SMILES string of the molecule is Cl.Cl.O=C(CCC1CCNCC1)Nc1cc(-c2nnc3n2CCCCC3)ccc1F. The van der Waals surface area contributed by atoms with Gasteiger partial charge in [-0.15, -0.1) is 35.0 Å². The molecule has 1 fully saturated rings. The molecule has 0 radical (unpaired) electrons. The standard InChI is InChI=1S/C21H28FN5O.2ClH/c22-17-7-6-16(21-26-25-19-4-2-1-3-13-27(19)21)14-18(17)24-20(28)8-5-15-9-11-23-12-10-15;;/h6-7,14-15,23H,1-5,8-13H2,(H,24,28);2*1H. The Morgan fingerprint density at radius 2 is 1.97 bits per heavy atom. The number of carbonyl (C=O) groups is 1. The van der Waals surface area contributed by atoms with E-state index in [2.05, 4.69) is 25.4 Å². The molecule has 3 heterocycles. The number of nitrogens with one attached hydrogen (secondary N) is 2. The maximum atomic E-state index is 14.3. The summed E-state index contributed by atoms with van der Waals surface area (Å²) in [6, 6.07) is 4.79. The van der Waals surface area contributed by atoms with Crippen LogP contribution in [-0.2, 0) is 17.8 Å². The number of halogens is 3. The topological polar surface area (TPSA) is 71.8 Å². The van der Waals surface area contributed by atoms with Crippen LogP contribution in [0.5, 0.6) is 0 Å². The molecule has 6 nitrogen and oxygen atoms in total. The Balaban J connectivity index is 0.00000160. The molecule has 2 aliphatic heterocycles. The van der Waals surface area contributed by atoms with Crippen molar-refractivity contribution in [1.29, 1.82) is 0 Å². The maximum Gasteiger partial charge on any atom is 0.224 e. The minimum absolute atomic E-state index is 0. The van der Waals surface area contributed by atoms with Gasteiger partial charge >= 0.3 is 0 Å². The summed E-state index contributed by atoms with van der Waals surface area (Å²) in [5.74, 6) is 1.77. The first-order chi connectivity index (χ1) is 13.7. The van der Waals surface area contributed by atoms with Gasteiger partial charge in [0.25, 0.3) is 0 Å². The lowest BCUT2D eigenvalue weighted by Gasteiger charge is -2.22. The van der Waals surface area contributed by atoms with E-state index >= 15 is 0 Å². The molecule has 2 aromatic rings. The van der Waals surface area contributed by atoms with Crippen LogP contribution >= 0.6 is 24.8 Å². The number of rotatable bonds is 5. The van der Waals surface area contributed by atoms with Crippen LogP contribution in [0.15, 0.2) is 18.2 Å². The minimum atomic E-state index is -0.422. The molecule has 1 amide bonds. The van der Waals surface area contributed by atoms with Crippen molar-refractivity contribution >= 4 is 36.4 Å². The van der Waals surface area contributed by atoms with E-state index in [1.807, 2.05) is 0 Å². The zero-order valence-electron chi connectivity index (χ0n) is 17.0. The van der Waals surface area contributed by atoms with Gasteiger partial charge in [0.15, 0.2) is 5.82 Å². The Bertz CT molecular complexity index is 839. The molecule has 1 aromatic carbocycles. The number of aryl methyl sites for hydroxylation is 1. The van der Waals surface area contributed by atoms with Crippen LogP contribution < -0.4 is 10.6 Å². The number of aromatic nitrogens is 3. The lowest BCUT2D eigenvalue weighted by atomic mass is 9.93. The molecule has 30 heavy (non-hydrogen) atoms. The number of hydrogen-bond acceptors (Lipinski definition) is 4. The smallest absolute Gasteiger partial charge is 0.224 e. The second-order valence-electron chi connectivity index (χ2n) is 7.88. The summed E-state index contributed by atoms with van der Waals surface area (Å²) >= 11 is 0. The van der Waals surface area contributed by atoms with Gasteiger partial charge in [-0.05, 0) is 69.3 Å². The summed E-state index contributed by atoms with van der Waals surface area (Å²) in [7, 11) is 0. The van der Waals surface area contributed by atoms with Gasteiger partial charge in [-0.3, -0.25) is 4.79 Å². The van der Waals surface area contributed by atoms with E-state index in [-0.39, 0.29) is 36.4 Å². The fourth-order valence-electron chi connectivity index (χ4n) is 4.18. The number of fused-ring (bicyclic) bond motifs is 1. The summed E-state index contributed by atoms with van der Waals surface area (Å²) in [4.78, 5) is 12.4. The van der Waals surface area contributed by atoms with Gasteiger partial charge in [0, 0.05) is 24.9 Å². The number of hydrogen-bond donors (Lipinski definition) is 2. The Morgan fingerprint density at radius 1 is 1.17 bits per heavy atom. The summed E-state index contributed by atoms with van der Waals surface area (Å²) in [5.41, 5.74) is 1.01. The molecule has 0 atom stereocenters. The fourth-order valence-corrected chi connectivity index (χ4v) is 4.18. The second kappa shape index (κ2) is 11.6. The van der Waals surface area contributed by atoms with Crippen molar-refractivity contribution in [3.05, 3.63) is 29.8 Å². The van der Waals surface area contributed by atoms with E-state index in [0.717, 1.165) is 75.4 Å². The van der Waals surface area contributed by atoms with E-state index in [4.69, 9.17) is 0 Å². The molecule has 0 aliphatic carbocycles. The van der Waals surface area contributed by atoms with Gasteiger partial charge in [0.1, 0.15) is 11.6 Å². The molecule has 0 saturated carbocycles. The van der Waals surface area contributed by atoms with Crippen molar-refractivity contribution in [1.82, 2.24) is 20.1 Å². The van der Waals surface area contributed by atoms with Crippen LogP contribution in [0.1, 0.15) is 50.8 Å². The van der Waals surface area contributed by atoms with Crippen molar-refractivity contribution in [2.45, 2.75) is 57.9 Å². The quantitative estimate of drug-likeness (QED) is 0.698. The zero-order chi connectivity index (χ0) is 19.3. The first-order valence-corrected chi connectivity index (χ1v) is 10.4. The van der Waals surface area contributed by atoms with Crippen LogP contribution in [0.4, 0.5) is 10.1 Å². The van der Waals surface area contributed by atoms with E-state index in [9.17, 15) is 9.18 Å². The predicted molar refractivity (Wildman–Crippen MR) is 121 cm³/mol. The monoisotopic (exact) mass is 457 g/mol. The van der Waals surface area contributed by atoms with E-state index in [1.54, 1.807) is 12.1 Å². The zero-order valence-corrected chi connectivity index (χ0v) is 18.7. The fraction of sp³-hybridized carbons (Fsp3) is 0.571. The molecule has 0 spiro atoms. The molecular weight excluding hydrogens is 428 g/mol. The number of nitrogens with zero attached hydrogens (tertiary/aromatic N) is 3. The molecule has 1 aromatic heterocycles. The highest BCUT2D eigenvalue weighted by molar-refractivity contribution is 5.91. The van der Waals surface area contributed by atoms with Gasteiger partial charge in [0.05, 0.1) is 5.69 Å². The van der Waals surface area contributed by atoms with Crippen LogP contribution in [0.3, 0.4) is 0 Å². The van der Waals surface area contributed by atoms with E-state index in [1.165, 1.54) is 12.5 Å². The highest BCUT2D eigenvalue weighted by Crippen LogP contribution is 2.27. The predicted octanol–water partition coefficient (Wildman–Crippen LogP) is 4.37. The summed E-state index contributed by atoms with van der Waals surface area (Å²) in [5, 5.41) is 14.7. The average molecular weight is 458 g/mol. The Labute approximate surface area is 189 Å². The molecule has 1 saturated heterocycles. The summed E-state index contributed by atoms with van der Waals surface area (Å²) in [6.07, 6.45) is 7.82. The third-order valence-corrected chi connectivity index (χ3v) is 5.85. The Hall–Kier alpha value is -1.70. The Morgan fingerprint density at radius 3 is 2.77 bits per heavy atom. The first-order valence-electron chi connectivity index (χ1n) is 10.4. The van der Waals surface area contributed by atoms with Gasteiger partial charge in [-0.1, -0.05) is 6.42 Å². The molecule has 4 rings (SSSR count). The van der Waals surface area contributed by atoms with Crippen LogP contribution in [-0.4, -0.2) is 33.8 Å². The third kappa shape index (κ3) is 5.93. The Kier molecular flexibility index (Phi) is 9.52. The normalized spacial score (nSPS) is 16.6. The number of piperidine rings is 1. The van der Waals surface area contributed by atoms with Crippen molar-refractivity contribution in [2.24, 2.45) is 5.92 Å². The highest BCUT2D eigenvalue weighted by Gasteiger charge is 2.18. The molecule has 2 N–H and O–H groups in total. The van der Waals surface area contributed by atoms with Crippen LogP contribution in [0, 0.1) is 11.7 Å².